The van der Waals surface area contributed by atoms with E-state index >= 15 is 0 Å². The minimum absolute atomic E-state index is 0.0329. The summed E-state index contributed by atoms with van der Waals surface area (Å²) in [5, 5.41) is 0. The summed E-state index contributed by atoms with van der Waals surface area (Å²) in [7, 11) is 0. The van der Waals surface area contributed by atoms with Gasteiger partial charge in [0.05, 0.1) is 0 Å². The number of fused-ring (bicyclic) bond motifs is 2. The van der Waals surface area contributed by atoms with Crippen molar-refractivity contribution >= 4 is 0 Å². The fraction of sp³-hybridized carbons (Fsp3) is 1.00. The van der Waals surface area contributed by atoms with Crippen LogP contribution in [-0.4, -0.2) is 29.1 Å². The maximum Gasteiger partial charge on any atom is 0.0252 e. The number of rotatable bonds is 3. The van der Waals surface area contributed by atoms with Crippen LogP contribution in [-0.2, 0) is 0 Å². The molecule has 76 valence electrons. The molecule has 0 aromatic rings. The van der Waals surface area contributed by atoms with Gasteiger partial charge in [-0.15, -0.1) is 0 Å². The Labute approximate surface area is 81.5 Å². The van der Waals surface area contributed by atoms with Crippen LogP contribution in [0.15, 0.2) is 0 Å². The summed E-state index contributed by atoms with van der Waals surface area (Å²) in [6.07, 6.45) is 6.77. The van der Waals surface area contributed by atoms with Crippen LogP contribution in [0.2, 0.25) is 0 Å². The first-order valence-corrected chi connectivity index (χ1v) is 5.67. The minimum atomic E-state index is 0.0329. The van der Waals surface area contributed by atoms with E-state index in [-0.39, 0.29) is 5.54 Å². The first-order chi connectivity index (χ1) is 6.12. The Bertz CT molecular complexity index is 169. The summed E-state index contributed by atoms with van der Waals surface area (Å²) in [6, 6.07) is 1.75. The van der Waals surface area contributed by atoms with Crippen LogP contribution < -0.4 is 5.73 Å². The minimum Gasteiger partial charge on any atom is -0.324 e. The summed E-state index contributed by atoms with van der Waals surface area (Å²) in [5.74, 6) is 0. The predicted octanol–water partition coefficient (Wildman–Crippen LogP) is 1.74. The Balaban J connectivity index is 1.95. The molecule has 0 amide bonds. The molecule has 2 aliphatic rings. The Morgan fingerprint density at radius 3 is 2.08 bits per heavy atom. The molecule has 2 aliphatic heterocycles. The van der Waals surface area contributed by atoms with Crippen molar-refractivity contribution in [2.24, 2.45) is 5.73 Å². The van der Waals surface area contributed by atoms with E-state index in [0.717, 1.165) is 25.0 Å². The van der Waals surface area contributed by atoms with Gasteiger partial charge in [0.25, 0.3) is 0 Å². The lowest BCUT2D eigenvalue weighted by atomic mass is 9.99. The molecule has 0 saturated carbocycles. The SMILES string of the molecule is CCC(C)(N)CN1C2CCC1CC2. The molecule has 2 bridgehead atoms. The van der Waals surface area contributed by atoms with Crippen molar-refractivity contribution in [3.8, 4) is 0 Å². The second kappa shape index (κ2) is 3.25. The molecule has 13 heavy (non-hydrogen) atoms. The first kappa shape index (κ1) is 9.47. The quantitative estimate of drug-likeness (QED) is 0.720. The fourth-order valence-corrected chi connectivity index (χ4v) is 2.81. The third kappa shape index (κ3) is 1.75. The number of hydrogen-bond donors (Lipinski definition) is 1. The Hall–Kier alpha value is -0.0800. The summed E-state index contributed by atoms with van der Waals surface area (Å²) < 4.78 is 0. The smallest absolute Gasteiger partial charge is 0.0252 e. The molecular weight excluding hydrogens is 160 g/mol. The Morgan fingerprint density at radius 1 is 1.23 bits per heavy atom. The van der Waals surface area contributed by atoms with Crippen LogP contribution in [0.4, 0.5) is 0 Å². The third-order valence-electron chi connectivity index (χ3n) is 3.96. The molecule has 0 radical (unpaired) electrons. The van der Waals surface area contributed by atoms with Gasteiger partial charge in [0.1, 0.15) is 0 Å². The maximum atomic E-state index is 6.21. The lowest BCUT2D eigenvalue weighted by molar-refractivity contribution is 0.195. The molecule has 0 aliphatic carbocycles. The summed E-state index contributed by atoms with van der Waals surface area (Å²) >= 11 is 0. The molecule has 2 nitrogen and oxygen atoms in total. The largest absolute Gasteiger partial charge is 0.324 e. The van der Waals surface area contributed by atoms with Gasteiger partial charge in [0, 0.05) is 24.2 Å². The van der Waals surface area contributed by atoms with E-state index in [1.54, 1.807) is 0 Å². The molecule has 1 atom stereocenters. The lowest BCUT2D eigenvalue weighted by Crippen LogP contribution is -2.48. The van der Waals surface area contributed by atoms with E-state index < -0.39 is 0 Å². The molecule has 2 saturated heterocycles. The molecule has 1 unspecified atom stereocenters. The average molecular weight is 182 g/mol. The van der Waals surface area contributed by atoms with Crippen LogP contribution in [0.1, 0.15) is 46.0 Å². The maximum absolute atomic E-state index is 6.21. The summed E-state index contributed by atoms with van der Waals surface area (Å²) in [4.78, 5) is 2.67. The van der Waals surface area contributed by atoms with Crippen LogP contribution in [0.3, 0.4) is 0 Å². The van der Waals surface area contributed by atoms with Crippen LogP contribution >= 0.6 is 0 Å². The van der Waals surface area contributed by atoms with E-state index in [0.29, 0.717) is 0 Å². The zero-order chi connectivity index (χ0) is 9.47. The number of nitrogens with zero attached hydrogens (tertiary/aromatic N) is 1. The monoisotopic (exact) mass is 182 g/mol. The van der Waals surface area contributed by atoms with Gasteiger partial charge in [-0.25, -0.2) is 0 Å². The Kier molecular flexibility index (Phi) is 2.37. The van der Waals surface area contributed by atoms with Crippen molar-refractivity contribution < 1.29 is 0 Å². The molecule has 0 aromatic heterocycles. The predicted molar refractivity (Wildman–Crippen MR) is 55.6 cm³/mol. The van der Waals surface area contributed by atoms with Crippen molar-refractivity contribution in [1.29, 1.82) is 0 Å². The summed E-state index contributed by atoms with van der Waals surface area (Å²) in [6.45, 7) is 5.49. The normalized spacial score (nSPS) is 38.1. The van der Waals surface area contributed by atoms with E-state index in [9.17, 15) is 0 Å². The molecule has 2 rings (SSSR count). The van der Waals surface area contributed by atoms with Crippen LogP contribution in [0.5, 0.6) is 0 Å². The van der Waals surface area contributed by atoms with Gasteiger partial charge in [-0.2, -0.15) is 0 Å². The topological polar surface area (TPSA) is 29.3 Å². The van der Waals surface area contributed by atoms with Crippen molar-refractivity contribution in [2.45, 2.75) is 63.6 Å². The van der Waals surface area contributed by atoms with Crippen molar-refractivity contribution in [3.63, 3.8) is 0 Å². The second-order valence-electron chi connectivity index (χ2n) is 5.14. The molecule has 2 N–H and O–H groups in total. The first-order valence-electron chi connectivity index (χ1n) is 5.67. The lowest BCUT2D eigenvalue weighted by Gasteiger charge is -2.32. The molecule has 2 fully saturated rings. The van der Waals surface area contributed by atoms with Gasteiger partial charge in [0.15, 0.2) is 0 Å². The molecule has 2 heterocycles. The number of hydrogen-bond acceptors (Lipinski definition) is 2. The molecular formula is C11H22N2. The third-order valence-corrected chi connectivity index (χ3v) is 3.96. The van der Waals surface area contributed by atoms with Gasteiger partial charge in [0.2, 0.25) is 0 Å². The standard InChI is InChI=1S/C11H22N2/c1-3-11(2,12)8-13-9-4-5-10(13)7-6-9/h9-10H,3-8,12H2,1-2H3. The zero-order valence-corrected chi connectivity index (χ0v) is 8.92. The van der Waals surface area contributed by atoms with Crippen LogP contribution in [0.25, 0.3) is 0 Å². The van der Waals surface area contributed by atoms with Gasteiger partial charge in [-0.05, 0) is 39.0 Å². The summed E-state index contributed by atoms with van der Waals surface area (Å²) in [5.41, 5.74) is 6.24. The highest BCUT2D eigenvalue weighted by atomic mass is 15.2. The highest BCUT2D eigenvalue weighted by molar-refractivity contribution is 4.98. The van der Waals surface area contributed by atoms with Crippen molar-refractivity contribution in [1.82, 2.24) is 4.90 Å². The van der Waals surface area contributed by atoms with E-state index in [1.165, 1.54) is 25.7 Å². The number of nitrogens with two attached hydrogens (primary N) is 1. The van der Waals surface area contributed by atoms with Gasteiger partial charge < -0.3 is 5.73 Å². The Morgan fingerprint density at radius 2 is 1.69 bits per heavy atom. The van der Waals surface area contributed by atoms with E-state index in [2.05, 4.69) is 18.7 Å². The fourth-order valence-electron chi connectivity index (χ4n) is 2.81. The van der Waals surface area contributed by atoms with Crippen molar-refractivity contribution in [2.75, 3.05) is 6.54 Å². The van der Waals surface area contributed by atoms with E-state index in [1.807, 2.05) is 0 Å². The molecule has 0 spiro atoms. The second-order valence-corrected chi connectivity index (χ2v) is 5.14. The average Bonchev–Trinajstić information content (AvgIpc) is 2.65. The molecule has 0 aromatic carbocycles. The highest BCUT2D eigenvalue weighted by Gasteiger charge is 2.40. The molecule has 2 heteroatoms. The van der Waals surface area contributed by atoms with Crippen LogP contribution in [0, 0.1) is 0 Å². The van der Waals surface area contributed by atoms with E-state index in [4.69, 9.17) is 5.73 Å². The van der Waals surface area contributed by atoms with Gasteiger partial charge >= 0.3 is 0 Å². The van der Waals surface area contributed by atoms with Crippen molar-refractivity contribution in [3.05, 3.63) is 0 Å². The van der Waals surface area contributed by atoms with Gasteiger partial charge in [-0.3, -0.25) is 4.90 Å². The zero-order valence-electron chi connectivity index (χ0n) is 8.92. The van der Waals surface area contributed by atoms with Gasteiger partial charge in [-0.1, -0.05) is 6.92 Å². The highest BCUT2D eigenvalue weighted by Crippen LogP contribution is 2.38.